The maximum Gasteiger partial charge on any atom is 0.242 e. The molecule has 1 saturated heterocycles. The van der Waals surface area contributed by atoms with Gasteiger partial charge in [-0.1, -0.05) is 0 Å². The molecule has 2 rings (SSSR count). The zero-order valence-corrected chi connectivity index (χ0v) is 12.1. The molecule has 0 radical (unpaired) electrons. The molecule has 19 heavy (non-hydrogen) atoms. The molecule has 0 aliphatic carbocycles. The molecule has 0 bridgehead atoms. The molecule has 1 atom stereocenters. The highest BCUT2D eigenvalue weighted by atomic mass is 32.2. The molecule has 1 aliphatic rings. The Bertz CT molecular complexity index is 518. The molecule has 1 unspecified atom stereocenters. The summed E-state index contributed by atoms with van der Waals surface area (Å²) in [6, 6.07) is 1.64. The van der Waals surface area contributed by atoms with Gasteiger partial charge in [0.15, 0.2) is 0 Å². The minimum atomic E-state index is -3.50. The summed E-state index contributed by atoms with van der Waals surface area (Å²) >= 11 is 0. The lowest BCUT2D eigenvalue weighted by Crippen LogP contribution is -2.51. The summed E-state index contributed by atoms with van der Waals surface area (Å²) in [7, 11) is -1.69. The second kappa shape index (κ2) is 5.62. The lowest BCUT2D eigenvalue weighted by Gasteiger charge is -2.33. The molecular formula is C12H21N3O3S. The van der Waals surface area contributed by atoms with Gasteiger partial charge in [0.2, 0.25) is 10.0 Å². The van der Waals surface area contributed by atoms with Gasteiger partial charge in [-0.15, -0.1) is 0 Å². The summed E-state index contributed by atoms with van der Waals surface area (Å²) in [4.78, 5) is 3.22. The molecule has 108 valence electrons. The molecule has 1 fully saturated rings. The lowest BCUT2D eigenvalue weighted by atomic mass is 9.97. The van der Waals surface area contributed by atoms with E-state index in [1.807, 2.05) is 14.0 Å². The Morgan fingerprint density at radius 1 is 1.53 bits per heavy atom. The molecule has 2 heterocycles. The largest absolute Gasteiger partial charge is 0.380 e. The number of rotatable bonds is 5. The number of aromatic nitrogens is 1. The van der Waals surface area contributed by atoms with Crippen molar-refractivity contribution in [1.29, 1.82) is 0 Å². The van der Waals surface area contributed by atoms with Crippen LogP contribution < -0.4 is 10.0 Å². The first-order chi connectivity index (χ1) is 8.95. The molecule has 0 saturated carbocycles. The van der Waals surface area contributed by atoms with Crippen LogP contribution in [0.4, 0.5) is 0 Å². The molecule has 1 aromatic rings. The van der Waals surface area contributed by atoms with Crippen LogP contribution in [-0.2, 0) is 21.3 Å². The SMILES string of the molecule is CNCc1cc(S(=O)(=O)NC2(C)CCCOC2)c[nH]1. The predicted octanol–water partition coefficient (Wildman–Crippen LogP) is 0.582. The van der Waals surface area contributed by atoms with Gasteiger partial charge in [-0.05, 0) is 32.9 Å². The van der Waals surface area contributed by atoms with Gasteiger partial charge < -0.3 is 15.0 Å². The fourth-order valence-corrected chi connectivity index (χ4v) is 3.70. The van der Waals surface area contributed by atoms with Crippen molar-refractivity contribution in [1.82, 2.24) is 15.0 Å². The smallest absolute Gasteiger partial charge is 0.242 e. The van der Waals surface area contributed by atoms with Gasteiger partial charge in [0, 0.05) is 25.0 Å². The van der Waals surface area contributed by atoms with Crippen molar-refractivity contribution in [3.05, 3.63) is 18.0 Å². The first-order valence-corrected chi connectivity index (χ1v) is 7.87. The van der Waals surface area contributed by atoms with Crippen LogP contribution in [0.3, 0.4) is 0 Å². The highest BCUT2D eigenvalue weighted by molar-refractivity contribution is 7.89. The van der Waals surface area contributed by atoms with Crippen molar-refractivity contribution in [2.24, 2.45) is 0 Å². The Hall–Kier alpha value is -0.890. The van der Waals surface area contributed by atoms with Crippen LogP contribution >= 0.6 is 0 Å². The van der Waals surface area contributed by atoms with Gasteiger partial charge in [0.05, 0.1) is 17.0 Å². The standard InChI is InChI=1S/C12H21N3O3S/c1-12(4-3-5-18-9-12)15-19(16,17)11-6-10(7-13-2)14-8-11/h6,8,13-15H,3-5,7,9H2,1-2H3. The number of ether oxygens (including phenoxy) is 1. The highest BCUT2D eigenvalue weighted by Crippen LogP contribution is 2.22. The first-order valence-electron chi connectivity index (χ1n) is 6.39. The maximum absolute atomic E-state index is 12.3. The van der Waals surface area contributed by atoms with Crippen molar-refractivity contribution in [3.63, 3.8) is 0 Å². The molecule has 0 amide bonds. The van der Waals surface area contributed by atoms with Gasteiger partial charge >= 0.3 is 0 Å². The number of nitrogens with one attached hydrogen (secondary N) is 3. The fourth-order valence-electron chi connectivity index (χ4n) is 2.26. The Kier molecular flexibility index (Phi) is 4.29. The summed E-state index contributed by atoms with van der Waals surface area (Å²) in [5, 5.41) is 2.97. The average Bonchev–Trinajstić information content (AvgIpc) is 2.78. The Balaban J connectivity index is 2.12. The maximum atomic E-state index is 12.3. The second-order valence-corrected chi connectivity index (χ2v) is 6.90. The van der Waals surface area contributed by atoms with E-state index >= 15 is 0 Å². The third-order valence-corrected chi connectivity index (χ3v) is 4.83. The minimum Gasteiger partial charge on any atom is -0.380 e. The summed E-state index contributed by atoms with van der Waals surface area (Å²) in [5.74, 6) is 0. The zero-order chi connectivity index (χ0) is 13.9. The number of aromatic amines is 1. The van der Waals surface area contributed by atoms with Crippen LogP contribution in [-0.4, -0.2) is 39.2 Å². The third-order valence-electron chi connectivity index (χ3n) is 3.21. The van der Waals surface area contributed by atoms with Crippen LogP contribution in [0.1, 0.15) is 25.5 Å². The van der Waals surface area contributed by atoms with Crippen LogP contribution in [0.5, 0.6) is 0 Å². The van der Waals surface area contributed by atoms with Crippen molar-refractivity contribution in [2.45, 2.75) is 36.7 Å². The molecule has 6 nitrogen and oxygen atoms in total. The van der Waals surface area contributed by atoms with Crippen molar-refractivity contribution < 1.29 is 13.2 Å². The number of hydrogen-bond donors (Lipinski definition) is 3. The van der Waals surface area contributed by atoms with Gasteiger partial charge in [0.1, 0.15) is 0 Å². The van der Waals surface area contributed by atoms with Crippen molar-refractivity contribution >= 4 is 10.0 Å². The molecule has 1 aromatic heterocycles. The fraction of sp³-hybridized carbons (Fsp3) is 0.667. The van der Waals surface area contributed by atoms with Gasteiger partial charge in [-0.25, -0.2) is 13.1 Å². The third kappa shape index (κ3) is 3.56. The summed E-state index contributed by atoms with van der Waals surface area (Å²) in [6.45, 7) is 3.61. The van der Waals surface area contributed by atoms with Crippen LogP contribution in [0, 0.1) is 0 Å². The first kappa shape index (κ1) is 14.5. The Labute approximate surface area is 114 Å². The predicted molar refractivity (Wildman–Crippen MR) is 72.3 cm³/mol. The molecule has 0 aromatic carbocycles. The van der Waals surface area contributed by atoms with E-state index in [-0.39, 0.29) is 4.90 Å². The van der Waals surface area contributed by atoms with Crippen molar-refractivity contribution in [3.8, 4) is 0 Å². The molecular weight excluding hydrogens is 266 g/mol. The topological polar surface area (TPSA) is 83.2 Å². The quantitative estimate of drug-likeness (QED) is 0.740. The average molecular weight is 287 g/mol. The van der Waals surface area contributed by atoms with Gasteiger partial charge in [-0.3, -0.25) is 0 Å². The van der Waals surface area contributed by atoms with E-state index in [1.165, 1.54) is 6.20 Å². The van der Waals surface area contributed by atoms with E-state index in [0.29, 0.717) is 19.8 Å². The zero-order valence-electron chi connectivity index (χ0n) is 11.3. The normalized spacial score (nSPS) is 24.5. The van der Waals surface area contributed by atoms with Crippen LogP contribution in [0.15, 0.2) is 17.2 Å². The van der Waals surface area contributed by atoms with E-state index in [2.05, 4.69) is 15.0 Å². The minimum absolute atomic E-state index is 0.268. The van der Waals surface area contributed by atoms with E-state index in [1.54, 1.807) is 6.07 Å². The van der Waals surface area contributed by atoms with Crippen LogP contribution in [0.25, 0.3) is 0 Å². The Morgan fingerprint density at radius 2 is 2.32 bits per heavy atom. The number of sulfonamides is 1. The summed E-state index contributed by atoms with van der Waals surface area (Å²) in [5.41, 5.74) is 0.324. The van der Waals surface area contributed by atoms with E-state index in [9.17, 15) is 8.42 Å². The molecule has 0 spiro atoms. The Morgan fingerprint density at radius 3 is 2.95 bits per heavy atom. The molecule has 1 aliphatic heterocycles. The summed E-state index contributed by atoms with van der Waals surface area (Å²) in [6.07, 6.45) is 3.18. The number of hydrogen-bond acceptors (Lipinski definition) is 4. The lowest BCUT2D eigenvalue weighted by molar-refractivity contribution is 0.0386. The number of H-pyrrole nitrogens is 1. The molecule has 7 heteroatoms. The van der Waals surface area contributed by atoms with E-state index in [4.69, 9.17) is 4.74 Å². The van der Waals surface area contributed by atoms with E-state index < -0.39 is 15.6 Å². The second-order valence-electron chi connectivity index (χ2n) is 5.21. The summed E-state index contributed by atoms with van der Waals surface area (Å²) < 4.78 is 32.7. The van der Waals surface area contributed by atoms with Gasteiger partial charge in [-0.2, -0.15) is 0 Å². The highest BCUT2D eigenvalue weighted by Gasteiger charge is 2.33. The van der Waals surface area contributed by atoms with Gasteiger partial charge in [0.25, 0.3) is 0 Å². The van der Waals surface area contributed by atoms with Crippen molar-refractivity contribution in [2.75, 3.05) is 20.3 Å². The van der Waals surface area contributed by atoms with Crippen LogP contribution in [0.2, 0.25) is 0 Å². The monoisotopic (exact) mass is 287 g/mol. The van der Waals surface area contributed by atoms with E-state index in [0.717, 1.165) is 18.5 Å². The molecule has 3 N–H and O–H groups in total.